The molecule has 5 nitrogen and oxygen atoms in total. The van der Waals surface area contributed by atoms with Crippen molar-refractivity contribution in [1.29, 1.82) is 0 Å². The lowest BCUT2D eigenvalue weighted by Crippen LogP contribution is -2.22. The van der Waals surface area contributed by atoms with E-state index in [0.717, 1.165) is 11.1 Å². The van der Waals surface area contributed by atoms with Gasteiger partial charge in [-0.2, -0.15) is 0 Å². The van der Waals surface area contributed by atoms with Crippen molar-refractivity contribution in [3.8, 4) is 0 Å². The molecule has 0 aliphatic carbocycles. The average Bonchev–Trinajstić information content (AvgIpc) is 2.61. The lowest BCUT2D eigenvalue weighted by Gasteiger charge is -2.06. The lowest BCUT2D eigenvalue weighted by atomic mass is 10.1. The van der Waals surface area contributed by atoms with E-state index in [0.29, 0.717) is 18.7 Å². The molecule has 0 bridgehead atoms. The van der Waals surface area contributed by atoms with Gasteiger partial charge in [-0.15, -0.1) is 0 Å². The summed E-state index contributed by atoms with van der Waals surface area (Å²) in [4.78, 5) is 22.8. The summed E-state index contributed by atoms with van der Waals surface area (Å²) in [6, 6.07) is 13.6. The van der Waals surface area contributed by atoms with Crippen LogP contribution in [0.25, 0.3) is 6.08 Å². The van der Waals surface area contributed by atoms with Gasteiger partial charge in [0.05, 0.1) is 18.4 Å². The van der Waals surface area contributed by atoms with Gasteiger partial charge in [0.1, 0.15) is 0 Å². The second-order valence-electron chi connectivity index (χ2n) is 5.06. The van der Waals surface area contributed by atoms with Gasteiger partial charge in [-0.05, 0) is 48.4 Å². The highest BCUT2D eigenvalue weighted by Gasteiger charge is 2.07. The minimum Gasteiger partial charge on any atom is -0.501 e. The maximum Gasteiger partial charge on any atom is 0.335 e. The fourth-order valence-electron chi connectivity index (χ4n) is 2.02. The summed E-state index contributed by atoms with van der Waals surface area (Å²) in [5.41, 5.74) is 2.57. The van der Waals surface area contributed by atoms with Gasteiger partial charge in [0, 0.05) is 12.1 Å². The molecule has 0 aromatic heterocycles. The zero-order chi connectivity index (χ0) is 17.4. The smallest absolute Gasteiger partial charge is 0.335 e. The van der Waals surface area contributed by atoms with Crippen LogP contribution in [0.4, 0.5) is 0 Å². The number of benzene rings is 2. The molecule has 0 unspecified atom stereocenters. The second-order valence-corrected chi connectivity index (χ2v) is 5.06. The van der Waals surface area contributed by atoms with Crippen LogP contribution in [0.5, 0.6) is 0 Å². The molecule has 124 valence electrons. The van der Waals surface area contributed by atoms with Crippen LogP contribution in [-0.4, -0.2) is 23.6 Å². The van der Waals surface area contributed by atoms with Crippen LogP contribution in [0.2, 0.25) is 0 Å². The number of nitrogens with one attached hydrogen (secondary N) is 1. The van der Waals surface area contributed by atoms with E-state index in [2.05, 4.69) is 5.32 Å². The number of carbonyl (C=O) groups is 2. The summed E-state index contributed by atoms with van der Waals surface area (Å²) in [5.74, 6) is -1.26. The highest BCUT2D eigenvalue weighted by Crippen LogP contribution is 2.08. The highest BCUT2D eigenvalue weighted by molar-refractivity contribution is 5.95. The van der Waals surface area contributed by atoms with Crippen LogP contribution < -0.4 is 5.32 Å². The minimum absolute atomic E-state index is 0.155. The summed E-state index contributed by atoms with van der Waals surface area (Å²) < 4.78 is 5.14. The number of carboxylic acid groups (broad SMARTS) is 1. The van der Waals surface area contributed by atoms with E-state index in [9.17, 15) is 9.59 Å². The second kappa shape index (κ2) is 8.53. The van der Waals surface area contributed by atoms with Gasteiger partial charge in [0.15, 0.2) is 0 Å². The molecule has 0 saturated heterocycles. The average molecular weight is 325 g/mol. The van der Waals surface area contributed by atoms with Crippen LogP contribution in [0, 0.1) is 0 Å². The SMILES string of the molecule is CCOC=Cc1ccc(CNC(=O)c2ccc(C(=O)O)cc2)cc1. The highest BCUT2D eigenvalue weighted by atomic mass is 16.5. The molecule has 2 rings (SSSR count). The first-order valence-electron chi connectivity index (χ1n) is 7.59. The Balaban J connectivity index is 1.90. The van der Waals surface area contributed by atoms with Crippen LogP contribution in [0.3, 0.4) is 0 Å². The number of carbonyl (C=O) groups excluding carboxylic acids is 1. The van der Waals surface area contributed by atoms with Gasteiger partial charge in [-0.1, -0.05) is 24.3 Å². The molecule has 0 aliphatic rings. The van der Waals surface area contributed by atoms with Crippen LogP contribution in [0.1, 0.15) is 38.8 Å². The Morgan fingerprint density at radius 2 is 1.67 bits per heavy atom. The third-order valence-electron chi connectivity index (χ3n) is 3.35. The molecule has 0 saturated carbocycles. The van der Waals surface area contributed by atoms with Crippen molar-refractivity contribution in [3.63, 3.8) is 0 Å². The quantitative estimate of drug-likeness (QED) is 0.766. The number of amides is 1. The number of carboxylic acids is 1. The lowest BCUT2D eigenvalue weighted by molar-refractivity contribution is 0.0696. The van der Waals surface area contributed by atoms with E-state index in [1.165, 1.54) is 24.3 Å². The Labute approximate surface area is 140 Å². The number of aromatic carboxylic acids is 1. The summed E-state index contributed by atoms with van der Waals surface area (Å²) >= 11 is 0. The van der Waals surface area contributed by atoms with Crippen LogP contribution in [0.15, 0.2) is 54.8 Å². The van der Waals surface area contributed by atoms with Gasteiger partial charge < -0.3 is 15.2 Å². The van der Waals surface area contributed by atoms with Crippen molar-refractivity contribution in [2.24, 2.45) is 0 Å². The molecule has 0 spiro atoms. The minimum atomic E-state index is -1.01. The molecule has 0 fully saturated rings. The topological polar surface area (TPSA) is 75.6 Å². The van der Waals surface area contributed by atoms with Crippen molar-refractivity contribution < 1.29 is 19.4 Å². The summed E-state index contributed by atoms with van der Waals surface area (Å²) in [5, 5.41) is 11.7. The fraction of sp³-hybridized carbons (Fsp3) is 0.158. The van der Waals surface area contributed by atoms with Gasteiger partial charge >= 0.3 is 5.97 Å². The van der Waals surface area contributed by atoms with Crippen LogP contribution in [-0.2, 0) is 11.3 Å². The zero-order valence-corrected chi connectivity index (χ0v) is 13.4. The van der Waals surface area contributed by atoms with Gasteiger partial charge in [0.25, 0.3) is 5.91 Å². The van der Waals surface area contributed by atoms with E-state index in [-0.39, 0.29) is 11.5 Å². The first kappa shape index (κ1) is 17.3. The maximum atomic E-state index is 12.1. The van der Waals surface area contributed by atoms with Gasteiger partial charge in [0.2, 0.25) is 0 Å². The Morgan fingerprint density at radius 3 is 2.25 bits per heavy atom. The molecule has 2 aromatic rings. The standard InChI is InChI=1S/C19H19NO4/c1-2-24-12-11-14-3-5-15(6-4-14)13-20-18(21)16-7-9-17(10-8-16)19(22)23/h3-12H,2,13H2,1H3,(H,20,21)(H,22,23). The third kappa shape index (κ3) is 4.98. The summed E-state index contributed by atoms with van der Waals surface area (Å²) in [6.45, 7) is 2.95. The molecular weight excluding hydrogens is 306 g/mol. The molecule has 0 aliphatic heterocycles. The number of hydrogen-bond donors (Lipinski definition) is 2. The molecule has 1 amide bonds. The van der Waals surface area contributed by atoms with E-state index in [1.807, 2.05) is 37.3 Å². The molecular formula is C19H19NO4. The first-order valence-corrected chi connectivity index (χ1v) is 7.59. The Kier molecular flexibility index (Phi) is 6.14. The van der Waals surface area contributed by atoms with Crippen molar-refractivity contribution in [2.75, 3.05) is 6.61 Å². The maximum absolute atomic E-state index is 12.1. The number of hydrogen-bond acceptors (Lipinski definition) is 3. The first-order chi connectivity index (χ1) is 11.6. The molecule has 0 radical (unpaired) electrons. The number of ether oxygens (including phenoxy) is 1. The number of rotatable bonds is 7. The molecule has 2 N–H and O–H groups in total. The Bertz CT molecular complexity index is 718. The molecule has 24 heavy (non-hydrogen) atoms. The molecule has 0 heterocycles. The Hall–Kier alpha value is -3.08. The van der Waals surface area contributed by atoms with Crippen molar-refractivity contribution in [3.05, 3.63) is 77.0 Å². The Morgan fingerprint density at radius 1 is 1.04 bits per heavy atom. The molecule has 5 heteroatoms. The largest absolute Gasteiger partial charge is 0.501 e. The van der Waals surface area contributed by atoms with E-state index in [4.69, 9.17) is 9.84 Å². The summed E-state index contributed by atoms with van der Waals surface area (Å²) in [6.07, 6.45) is 3.52. The zero-order valence-electron chi connectivity index (χ0n) is 13.4. The predicted octanol–water partition coefficient (Wildman–Crippen LogP) is 3.32. The van der Waals surface area contributed by atoms with Crippen molar-refractivity contribution in [2.45, 2.75) is 13.5 Å². The van der Waals surface area contributed by atoms with Crippen molar-refractivity contribution >= 4 is 18.0 Å². The van der Waals surface area contributed by atoms with E-state index >= 15 is 0 Å². The van der Waals surface area contributed by atoms with Gasteiger partial charge in [-0.3, -0.25) is 4.79 Å². The third-order valence-corrected chi connectivity index (χ3v) is 3.35. The summed E-state index contributed by atoms with van der Waals surface area (Å²) in [7, 11) is 0. The van der Waals surface area contributed by atoms with Crippen molar-refractivity contribution in [1.82, 2.24) is 5.32 Å². The van der Waals surface area contributed by atoms with E-state index in [1.54, 1.807) is 6.26 Å². The monoisotopic (exact) mass is 325 g/mol. The normalized spacial score (nSPS) is 10.5. The van der Waals surface area contributed by atoms with Gasteiger partial charge in [-0.25, -0.2) is 4.79 Å². The molecule has 2 aromatic carbocycles. The fourth-order valence-corrected chi connectivity index (χ4v) is 2.02. The van der Waals surface area contributed by atoms with Crippen LogP contribution >= 0.6 is 0 Å². The predicted molar refractivity (Wildman–Crippen MR) is 91.7 cm³/mol. The molecule has 0 atom stereocenters. The van der Waals surface area contributed by atoms with E-state index < -0.39 is 5.97 Å².